The second kappa shape index (κ2) is 5.68. The number of carbonyl (C=O) groups is 1. The summed E-state index contributed by atoms with van der Waals surface area (Å²) in [6, 6.07) is 12.3. The lowest BCUT2D eigenvalue weighted by Crippen LogP contribution is -1.72. The average molecular weight is 246 g/mol. The standard InChI is InChI=1S/C13H10OS2/c14-9-4-7-12-13(8-10-15-12)16-11-5-2-1-3-6-11/h1-10H. The lowest BCUT2D eigenvalue weighted by molar-refractivity contribution is -0.104. The fraction of sp³-hybridized carbons (Fsp3) is 0. The number of aldehydes is 1. The lowest BCUT2D eigenvalue weighted by Gasteiger charge is -1.99. The van der Waals surface area contributed by atoms with Crippen LogP contribution in [0.25, 0.3) is 6.08 Å². The summed E-state index contributed by atoms with van der Waals surface area (Å²) in [5.74, 6) is 0. The normalized spacial score (nSPS) is 10.8. The van der Waals surface area contributed by atoms with E-state index in [0.29, 0.717) is 0 Å². The summed E-state index contributed by atoms with van der Waals surface area (Å²) in [6.45, 7) is 0. The highest BCUT2D eigenvalue weighted by Crippen LogP contribution is 2.33. The van der Waals surface area contributed by atoms with Gasteiger partial charge < -0.3 is 0 Å². The third-order valence-electron chi connectivity index (χ3n) is 1.95. The van der Waals surface area contributed by atoms with E-state index in [2.05, 4.69) is 18.2 Å². The topological polar surface area (TPSA) is 17.1 Å². The first-order chi connectivity index (χ1) is 7.90. The minimum absolute atomic E-state index is 0.802. The van der Waals surface area contributed by atoms with E-state index in [-0.39, 0.29) is 0 Å². The van der Waals surface area contributed by atoms with Crippen molar-refractivity contribution in [3.63, 3.8) is 0 Å². The summed E-state index contributed by atoms with van der Waals surface area (Å²) in [5, 5.41) is 2.04. The molecule has 0 fully saturated rings. The Labute approximate surface area is 103 Å². The van der Waals surface area contributed by atoms with E-state index in [1.54, 1.807) is 23.1 Å². The van der Waals surface area contributed by atoms with Gasteiger partial charge in [-0.05, 0) is 35.7 Å². The molecule has 0 aliphatic rings. The Kier molecular flexibility index (Phi) is 3.97. The minimum Gasteiger partial charge on any atom is -0.299 e. The van der Waals surface area contributed by atoms with Crippen LogP contribution in [0.1, 0.15) is 4.88 Å². The van der Waals surface area contributed by atoms with Crippen LogP contribution in [0.5, 0.6) is 0 Å². The molecule has 1 aromatic carbocycles. The third kappa shape index (κ3) is 2.84. The fourth-order valence-electron chi connectivity index (χ4n) is 1.26. The smallest absolute Gasteiger partial charge is 0.142 e. The van der Waals surface area contributed by atoms with Gasteiger partial charge in [-0.2, -0.15) is 0 Å². The van der Waals surface area contributed by atoms with Gasteiger partial charge in [0.25, 0.3) is 0 Å². The van der Waals surface area contributed by atoms with Crippen molar-refractivity contribution >= 4 is 35.5 Å². The molecule has 0 aliphatic heterocycles. The Balaban J connectivity index is 2.19. The number of hydrogen-bond acceptors (Lipinski definition) is 3. The van der Waals surface area contributed by atoms with Crippen LogP contribution >= 0.6 is 23.1 Å². The van der Waals surface area contributed by atoms with Crippen LogP contribution in [0.4, 0.5) is 0 Å². The molecule has 3 heteroatoms. The van der Waals surface area contributed by atoms with E-state index in [1.165, 1.54) is 15.9 Å². The Morgan fingerprint density at radius 1 is 1.12 bits per heavy atom. The fourth-order valence-corrected chi connectivity index (χ4v) is 3.16. The molecule has 2 rings (SSSR count). The monoisotopic (exact) mass is 246 g/mol. The summed E-state index contributed by atoms with van der Waals surface area (Å²) in [5.41, 5.74) is 0. The summed E-state index contributed by atoms with van der Waals surface area (Å²) in [4.78, 5) is 13.8. The van der Waals surface area contributed by atoms with E-state index in [4.69, 9.17) is 0 Å². The van der Waals surface area contributed by atoms with Crippen LogP contribution in [0, 0.1) is 0 Å². The molecule has 0 spiro atoms. The molecule has 1 aromatic heterocycles. The van der Waals surface area contributed by atoms with Crippen LogP contribution in [-0.4, -0.2) is 6.29 Å². The molecule has 1 heterocycles. The van der Waals surface area contributed by atoms with Crippen molar-refractivity contribution in [1.29, 1.82) is 0 Å². The molecule has 0 aliphatic carbocycles. The zero-order chi connectivity index (χ0) is 11.2. The van der Waals surface area contributed by atoms with Gasteiger partial charge in [0.2, 0.25) is 0 Å². The summed E-state index contributed by atoms with van der Waals surface area (Å²) < 4.78 is 0. The molecule has 0 amide bonds. The van der Waals surface area contributed by atoms with Crippen molar-refractivity contribution in [1.82, 2.24) is 0 Å². The maximum atomic E-state index is 10.3. The number of benzene rings is 1. The van der Waals surface area contributed by atoms with Gasteiger partial charge in [-0.1, -0.05) is 30.0 Å². The molecule has 0 atom stereocenters. The molecule has 0 saturated heterocycles. The molecular formula is C13H10OS2. The van der Waals surface area contributed by atoms with Crippen molar-refractivity contribution < 1.29 is 4.79 Å². The Bertz CT molecular complexity index is 486. The molecule has 16 heavy (non-hydrogen) atoms. The Hall–Kier alpha value is -1.32. The molecule has 2 aromatic rings. The van der Waals surface area contributed by atoms with Gasteiger partial charge in [-0.25, -0.2) is 0 Å². The summed E-state index contributed by atoms with van der Waals surface area (Å²) in [7, 11) is 0. The molecule has 1 nitrogen and oxygen atoms in total. The second-order valence-electron chi connectivity index (χ2n) is 3.06. The Morgan fingerprint density at radius 3 is 2.69 bits per heavy atom. The second-order valence-corrected chi connectivity index (χ2v) is 5.12. The molecule has 0 bridgehead atoms. The van der Waals surface area contributed by atoms with E-state index in [9.17, 15) is 4.79 Å². The van der Waals surface area contributed by atoms with Gasteiger partial charge in [0.15, 0.2) is 0 Å². The Morgan fingerprint density at radius 2 is 1.94 bits per heavy atom. The molecular weight excluding hydrogens is 236 g/mol. The maximum absolute atomic E-state index is 10.3. The predicted molar refractivity (Wildman–Crippen MR) is 70.0 cm³/mol. The number of carbonyl (C=O) groups excluding carboxylic acids is 1. The number of thiophene rings is 1. The highest BCUT2D eigenvalue weighted by molar-refractivity contribution is 7.99. The van der Waals surface area contributed by atoms with Crippen LogP contribution in [0.2, 0.25) is 0 Å². The first-order valence-electron chi connectivity index (χ1n) is 4.82. The van der Waals surface area contributed by atoms with Crippen molar-refractivity contribution in [2.24, 2.45) is 0 Å². The van der Waals surface area contributed by atoms with Gasteiger partial charge in [0.1, 0.15) is 6.29 Å². The van der Waals surface area contributed by atoms with Crippen molar-refractivity contribution in [2.45, 2.75) is 9.79 Å². The zero-order valence-electron chi connectivity index (χ0n) is 8.50. The lowest BCUT2D eigenvalue weighted by atomic mass is 10.4. The SMILES string of the molecule is O=CC=Cc1sccc1Sc1ccccc1. The third-order valence-corrected chi connectivity index (χ3v) is 4.05. The van der Waals surface area contributed by atoms with E-state index in [1.807, 2.05) is 29.7 Å². The van der Waals surface area contributed by atoms with Crippen molar-refractivity contribution in [3.8, 4) is 0 Å². The van der Waals surface area contributed by atoms with Gasteiger partial charge in [-0.15, -0.1) is 11.3 Å². The largest absolute Gasteiger partial charge is 0.299 e. The van der Waals surface area contributed by atoms with E-state index < -0.39 is 0 Å². The van der Waals surface area contributed by atoms with Crippen LogP contribution in [0.15, 0.2) is 57.6 Å². The summed E-state index contributed by atoms with van der Waals surface area (Å²) in [6.07, 6.45) is 4.18. The summed E-state index contributed by atoms with van der Waals surface area (Å²) >= 11 is 3.36. The van der Waals surface area contributed by atoms with Gasteiger partial charge >= 0.3 is 0 Å². The van der Waals surface area contributed by atoms with Gasteiger partial charge in [0.05, 0.1) is 0 Å². The molecule has 80 valence electrons. The highest BCUT2D eigenvalue weighted by Gasteiger charge is 2.02. The van der Waals surface area contributed by atoms with Crippen molar-refractivity contribution in [3.05, 3.63) is 52.7 Å². The molecule has 0 N–H and O–H groups in total. The number of hydrogen-bond donors (Lipinski definition) is 0. The number of allylic oxidation sites excluding steroid dienone is 1. The quantitative estimate of drug-likeness (QED) is 0.596. The average Bonchev–Trinajstić information content (AvgIpc) is 2.75. The zero-order valence-corrected chi connectivity index (χ0v) is 10.1. The highest BCUT2D eigenvalue weighted by atomic mass is 32.2. The molecule has 0 saturated carbocycles. The van der Waals surface area contributed by atoms with E-state index >= 15 is 0 Å². The van der Waals surface area contributed by atoms with Gasteiger partial charge in [-0.3, -0.25) is 4.79 Å². The molecule has 0 unspecified atom stereocenters. The van der Waals surface area contributed by atoms with Crippen LogP contribution in [0.3, 0.4) is 0 Å². The first-order valence-corrected chi connectivity index (χ1v) is 6.52. The van der Waals surface area contributed by atoms with Crippen molar-refractivity contribution in [2.75, 3.05) is 0 Å². The van der Waals surface area contributed by atoms with E-state index in [0.717, 1.165) is 11.2 Å². The maximum Gasteiger partial charge on any atom is 0.142 e. The number of rotatable bonds is 4. The van der Waals surface area contributed by atoms with Gasteiger partial charge in [0, 0.05) is 14.7 Å². The molecule has 0 radical (unpaired) electrons. The minimum atomic E-state index is 0.802. The van der Waals surface area contributed by atoms with Crippen LogP contribution < -0.4 is 0 Å². The first kappa shape index (κ1) is 11.2. The van der Waals surface area contributed by atoms with Crippen LogP contribution in [-0.2, 0) is 4.79 Å². The predicted octanol–water partition coefficient (Wildman–Crippen LogP) is 4.11.